The fraction of sp³-hybridized carbons (Fsp3) is 0.524. The smallest absolute Gasteiger partial charge is 0.330 e. The van der Waals surface area contributed by atoms with Gasteiger partial charge in [-0.2, -0.15) is 0 Å². The van der Waals surface area contributed by atoms with Gasteiger partial charge in [0.25, 0.3) is 5.56 Å². The lowest BCUT2D eigenvalue weighted by Gasteiger charge is -2.37. The SMILES string of the molecule is CC(C)(C)[Si](C)(C)OC[C@H]1O[C@@H](n2ccc(=O)[nH]c2=O)[C@H](Oc2ccc(F)cc2)[C@@H]1O. The molecule has 170 valence electrons. The summed E-state index contributed by atoms with van der Waals surface area (Å²) in [6.07, 6.45) is -2.60. The molecule has 0 spiro atoms. The number of benzene rings is 1. The first-order chi connectivity index (χ1) is 14.4. The molecule has 31 heavy (non-hydrogen) atoms. The summed E-state index contributed by atoms with van der Waals surface area (Å²) in [5.41, 5.74) is -1.24. The quantitative estimate of drug-likeness (QED) is 0.653. The molecule has 0 amide bonds. The Labute approximate surface area is 180 Å². The fourth-order valence-corrected chi connectivity index (χ4v) is 4.03. The van der Waals surface area contributed by atoms with Crippen LogP contribution in [0.3, 0.4) is 0 Å². The van der Waals surface area contributed by atoms with Crippen LogP contribution >= 0.6 is 0 Å². The van der Waals surface area contributed by atoms with Crippen molar-refractivity contribution in [2.45, 2.75) is 63.4 Å². The van der Waals surface area contributed by atoms with E-state index in [0.29, 0.717) is 5.75 Å². The summed E-state index contributed by atoms with van der Waals surface area (Å²) in [6.45, 7) is 10.6. The van der Waals surface area contributed by atoms with E-state index in [1.54, 1.807) is 0 Å². The molecule has 1 aliphatic heterocycles. The Morgan fingerprint density at radius 2 is 1.84 bits per heavy atom. The zero-order valence-corrected chi connectivity index (χ0v) is 19.3. The van der Waals surface area contributed by atoms with Gasteiger partial charge in [-0.25, -0.2) is 9.18 Å². The van der Waals surface area contributed by atoms with Gasteiger partial charge in [0.1, 0.15) is 23.8 Å². The van der Waals surface area contributed by atoms with Gasteiger partial charge < -0.3 is 19.0 Å². The average molecular weight is 453 g/mol. The summed E-state index contributed by atoms with van der Waals surface area (Å²) < 4.78 is 32.5. The molecule has 0 aliphatic carbocycles. The highest BCUT2D eigenvalue weighted by atomic mass is 28.4. The van der Waals surface area contributed by atoms with Crippen molar-refractivity contribution < 1.29 is 23.4 Å². The second kappa shape index (κ2) is 8.70. The molecule has 1 saturated heterocycles. The van der Waals surface area contributed by atoms with Gasteiger partial charge in [0, 0.05) is 12.3 Å². The molecule has 1 aromatic heterocycles. The van der Waals surface area contributed by atoms with Crippen molar-refractivity contribution >= 4 is 8.32 Å². The van der Waals surface area contributed by atoms with Crippen molar-refractivity contribution in [1.29, 1.82) is 0 Å². The predicted octanol–water partition coefficient (Wildman–Crippen LogP) is 2.40. The predicted molar refractivity (Wildman–Crippen MR) is 115 cm³/mol. The highest BCUT2D eigenvalue weighted by Gasteiger charge is 2.48. The van der Waals surface area contributed by atoms with Gasteiger partial charge in [0.05, 0.1) is 6.61 Å². The van der Waals surface area contributed by atoms with E-state index < -0.39 is 49.9 Å². The molecule has 3 rings (SSSR count). The van der Waals surface area contributed by atoms with Crippen LogP contribution in [0.1, 0.15) is 27.0 Å². The fourth-order valence-electron chi connectivity index (χ4n) is 3.01. The number of rotatable bonds is 6. The number of hydrogen-bond acceptors (Lipinski definition) is 6. The number of aromatic amines is 1. The van der Waals surface area contributed by atoms with Gasteiger partial charge in [-0.05, 0) is 42.4 Å². The lowest BCUT2D eigenvalue weighted by molar-refractivity contribution is -0.0502. The first-order valence-electron chi connectivity index (χ1n) is 10.1. The lowest BCUT2D eigenvalue weighted by atomic mass is 10.1. The lowest BCUT2D eigenvalue weighted by Crippen LogP contribution is -2.45. The van der Waals surface area contributed by atoms with Crippen LogP contribution in [0.4, 0.5) is 4.39 Å². The normalized spacial score (nSPS) is 24.4. The van der Waals surface area contributed by atoms with Crippen molar-refractivity contribution in [2.24, 2.45) is 0 Å². The summed E-state index contributed by atoms with van der Waals surface area (Å²) in [5, 5.41) is 10.9. The highest BCUT2D eigenvalue weighted by Crippen LogP contribution is 2.38. The Bertz CT molecular complexity index is 1010. The number of aliphatic hydroxyl groups excluding tert-OH is 1. The molecule has 1 aromatic carbocycles. The molecule has 10 heteroatoms. The zero-order valence-electron chi connectivity index (χ0n) is 18.3. The topological polar surface area (TPSA) is 103 Å². The Hall–Kier alpha value is -2.27. The maximum absolute atomic E-state index is 13.3. The molecule has 0 unspecified atom stereocenters. The van der Waals surface area contributed by atoms with Crippen LogP contribution in [0.2, 0.25) is 18.1 Å². The molecule has 8 nitrogen and oxygen atoms in total. The number of nitrogens with one attached hydrogen (secondary N) is 1. The van der Waals surface area contributed by atoms with Crippen LogP contribution in [0.15, 0.2) is 46.1 Å². The third kappa shape index (κ3) is 5.14. The monoisotopic (exact) mass is 452 g/mol. The van der Waals surface area contributed by atoms with Gasteiger partial charge in [-0.3, -0.25) is 14.3 Å². The number of aromatic nitrogens is 2. The standard InChI is InChI=1S/C21H29FN2O6Si/c1-21(2,3)31(4,5)28-12-15-17(26)18(29-14-8-6-13(22)7-9-14)19(30-15)24-11-10-16(25)23-20(24)27/h6-11,15,17-19,26H,12H2,1-5H3,(H,23,25,27)/t15-,17-,18-,19-/m1/s1. The summed E-state index contributed by atoms with van der Waals surface area (Å²) in [4.78, 5) is 26.0. The molecule has 2 heterocycles. The van der Waals surface area contributed by atoms with Crippen LogP contribution in [-0.2, 0) is 9.16 Å². The van der Waals surface area contributed by atoms with Gasteiger partial charge in [0.15, 0.2) is 20.6 Å². The summed E-state index contributed by atoms with van der Waals surface area (Å²) >= 11 is 0. The van der Waals surface area contributed by atoms with Crippen molar-refractivity contribution in [3.63, 3.8) is 0 Å². The van der Waals surface area contributed by atoms with E-state index in [1.807, 2.05) is 0 Å². The van der Waals surface area contributed by atoms with E-state index in [-0.39, 0.29) is 11.6 Å². The number of H-pyrrole nitrogens is 1. The summed E-state index contributed by atoms with van der Waals surface area (Å²) in [7, 11) is -2.11. The Balaban J connectivity index is 1.88. The second-order valence-electron chi connectivity index (χ2n) is 9.18. The minimum absolute atomic E-state index is 0.0319. The minimum Gasteiger partial charge on any atom is -0.483 e. The van der Waals surface area contributed by atoms with Crippen molar-refractivity contribution in [1.82, 2.24) is 9.55 Å². The zero-order chi connectivity index (χ0) is 23.0. The van der Waals surface area contributed by atoms with Crippen molar-refractivity contribution in [3.05, 3.63) is 63.2 Å². The van der Waals surface area contributed by atoms with Gasteiger partial charge >= 0.3 is 5.69 Å². The number of ether oxygens (including phenoxy) is 2. The van der Waals surface area contributed by atoms with E-state index >= 15 is 0 Å². The number of nitrogens with zero attached hydrogens (tertiary/aromatic N) is 1. The van der Waals surface area contributed by atoms with Gasteiger partial charge in [0.2, 0.25) is 0 Å². The highest BCUT2D eigenvalue weighted by molar-refractivity contribution is 6.74. The maximum atomic E-state index is 13.3. The number of aliphatic hydroxyl groups is 1. The van der Waals surface area contributed by atoms with Crippen LogP contribution in [-0.4, -0.2) is 47.9 Å². The van der Waals surface area contributed by atoms with E-state index in [0.717, 1.165) is 4.57 Å². The summed E-state index contributed by atoms with van der Waals surface area (Å²) in [5.74, 6) is -0.118. The van der Waals surface area contributed by atoms with Crippen molar-refractivity contribution in [3.8, 4) is 5.75 Å². The van der Waals surface area contributed by atoms with Crippen LogP contribution < -0.4 is 16.0 Å². The molecular weight excluding hydrogens is 423 g/mol. The Kier molecular flexibility index (Phi) is 6.56. The third-order valence-corrected chi connectivity index (χ3v) is 10.4. The molecule has 2 N–H and O–H groups in total. The Morgan fingerprint density at radius 3 is 2.42 bits per heavy atom. The van der Waals surface area contributed by atoms with Gasteiger partial charge in [-0.15, -0.1) is 0 Å². The maximum Gasteiger partial charge on any atom is 0.330 e. The van der Waals surface area contributed by atoms with Crippen LogP contribution in [0, 0.1) is 5.82 Å². The van der Waals surface area contributed by atoms with Crippen LogP contribution in [0.5, 0.6) is 5.75 Å². The Morgan fingerprint density at radius 1 is 1.19 bits per heavy atom. The molecule has 0 bridgehead atoms. The minimum atomic E-state index is -2.11. The molecule has 1 fully saturated rings. The number of halogens is 1. The van der Waals surface area contributed by atoms with E-state index in [2.05, 4.69) is 38.8 Å². The molecular formula is C21H29FN2O6Si. The van der Waals surface area contributed by atoms with E-state index in [1.165, 1.54) is 36.5 Å². The van der Waals surface area contributed by atoms with Crippen molar-refractivity contribution in [2.75, 3.05) is 6.61 Å². The molecule has 1 aliphatic rings. The molecule has 0 saturated carbocycles. The van der Waals surface area contributed by atoms with Gasteiger partial charge in [-0.1, -0.05) is 20.8 Å². The molecule has 4 atom stereocenters. The number of hydrogen-bond donors (Lipinski definition) is 2. The largest absolute Gasteiger partial charge is 0.483 e. The first kappa shape index (κ1) is 23.4. The van der Waals surface area contributed by atoms with Crippen LogP contribution in [0.25, 0.3) is 0 Å². The van der Waals surface area contributed by atoms with E-state index in [9.17, 15) is 19.1 Å². The molecule has 2 aromatic rings. The summed E-state index contributed by atoms with van der Waals surface area (Å²) in [6, 6.07) is 6.50. The van der Waals surface area contributed by atoms with E-state index in [4.69, 9.17) is 13.9 Å². The first-order valence-corrected chi connectivity index (χ1v) is 13.0. The molecule has 0 radical (unpaired) electrons. The average Bonchev–Trinajstić information content (AvgIpc) is 2.97. The second-order valence-corrected chi connectivity index (χ2v) is 14.0. The third-order valence-electron chi connectivity index (χ3n) is 5.94.